The van der Waals surface area contributed by atoms with Crippen molar-refractivity contribution in [3.05, 3.63) is 53.6 Å². The molecular weight excluding hydrogens is 397 g/mol. The lowest BCUT2D eigenvalue weighted by molar-refractivity contribution is -0.137. The minimum atomic E-state index is -4.55. The number of halogens is 3. The van der Waals surface area contributed by atoms with Crippen LogP contribution in [0.1, 0.15) is 29.3 Å². The second kappa shape index (κ2) is 8.61. The van der Waals surface area contributed by atoms with Crippen molar-refractivity contribution in [3.63, 3.8) is 0 Å². The Balaban J connectivity index is 2.33. The highest BCUT2D eigenvalue weighted by atomic mass is 32.2. The number of sulfonamides is 1. The zero-order chi connectivity index (χ0) is 20.9. The molecule has 1 amide bonds. The van der Waals surface area contributed by atoms with E-state index in [1.165, 1.54) is 25.3 Å². The Bertz CT molecular complexity index is 960. The van der Waals surface area contributed by atoms with Crippen molar-refractivity contribution in [2.24, 2.45) is 0 Å². The van der Waals surface area contributed by atoms with Crippen LogP contribution in [0.4, 0.5) is 18.9 Å². The maximum absolute atomic E-state index is 12.8. The summed E-state index contributed by atoms with van der Waals surface area (Å²) < 4.78 is 70.6. The van der Waals surface area contributed by atoms with Gasteiger partial charge in [-0.15, -0.1) is 0 Å². The van der Waals surface area contributed by atoms with Gasteiger partial charge in [0, 0.05) is 17.8 Å². The van der Waals surface area contributed by atoms with Crippen LogP contribution in [-0.4, -0.2) is 28.0 Å². The molecule has 0 bridgehead atoms. The molecule has 0 spiro atoms. The van der Waals surface area contributed by atoms with E-state index in [4.69, 9.17) is 4.74 Å². The minimum absolute atomic E-state index is 0.0409. The Morgan fingerprint density at radius 1 is 1.14 bits per heavy atom. The molecule has 2 aromatic carbocycles. The van der Waals surface area contributed by atoms with Crippen LogP contribution in [-0.2, 0) is 16.2 Å². The van der Waals surface area contributed by atoms with Crippen LogP contribution >= 0.6 is 0 Å². The van der Waals surface area contributed by atoms with E-state index < -0.39 is 27.7 Å². The van der Waals surface area contributed by atoms with Gasteiger partial charge in [0.2, 0.25) is 10.0 Å². The normalized spacial score (nSPS) is 11.9. The molecule has 0 aliphatic rings. The summed E-state index contributed by atoms with van der Waals surface area (Å²) in [6.45, 7) is 1.99. The van der Waals surface area contributed by atoms with Crippen molar-refractivity contribution in [1.82, 2.24) is 4.72 Å². The van der Waals surface area contributed by atoms with Crippen LogP contribution in [0.15, 0.2) is 47.4 Å². The molecule has 2 rings (SSSR count). The van der Waals surface area contributed by atoms with Gasteiger partial charge in [-0.25, -0.2) is 13.1 Å². The number of methoxy groups -OCH3 is 1. The summed E-state index contributed by atoms with van der Waals surface area (Å²) in [4.78, 5) is 12.2. The second-order valence-corrected chi connectivity index (χ2v) is 7.53. The summed E-state index contributed by atoms with van der Waals surface area (Å²) in [6.07, 6.45) is -3.98. The number of nitrogens with one attached hydrogen (secondary N) is 2. The van der Waals surface area contributed by atoms with Gasteiger partial charge in [-0.2, -0.15) is 13.2 Å². The van der Waals surface area contributed by atoms with Gasteiger partial charge in [0.05, 0.1) is 12.7 Å². The Kier molecular flexibility index (Phi) is 6.68. The number of carbonyl (C=O) groups is 1. The highest BCUT2D eigenvalue weighted by molar-refractivity contribution is 7.89. The number of hydrogen-bond donors (Lipinski definition) is 2. The lowest BCUT2D eigenvalue weighted by Crippen LogP contribution is -2.25. The zero-order valence-corrected chi connectivity index (χ0v) is 15.9. The summed E-state index contributed by atoms with van der Waals surface area (Å²) in [5, 5.41) is 2.34. The molecular formula is C18H19F3N2O4S. The molecule has 0 unspecified atom stereocenters. The van der Waals surface area contributed by atoms with Gasteiger partial charge >= 0.3 is 6.18 Å². The molecule has 6 nitrogen and oxygen atoms in total. The van der Waals surface area contributed by atoms with Crippen LogP contribution < -0.4 is 14.8 Å². The summed E-state index contributed by atoms with van der Waals surface area (Å²) >= 11 is 0. The number of alkyl halides is 3. The molecule has 0 radical (unpaired) electrons. The monoisotopic (exact) mass is 416 g/mol. The van der Waals surface area contributed by atoms with E-state index >= 15 is 0 Å². The van der Waals surface area contributed by atoms with Crippen LogP contribution in [0.5, 0.6) is 5.75 Å². The van der Waals surface area contributed by atoms with E-state index in [1.807, 2.05) is 0 Å². The third-order valence-corrected chi connectivity index (χ3v) is 5.19. The van der Waals surface area contributed by atoms with E-state index in [9.17, 15) is 26.4 Å². The van der Waals surface area contributed by atoms with Crippen LogP contribution in [0.25, 0.3) is 0 Å². The Labute approximate surface area is 160 Å². The lowest BCUT2D eigenvalue weighted by atomic mass is 10.1. The first-order chi connectivity index (χ1) is 13.1. The highest BCUT2D eigenvalue weighted by Gasteiger charge is 2.30. The summed E-state index contributed by atoms with van der Waals surface area (Å²) in [5.41, 5.74) is -1.02. The van der Waals surface area contributed by atoms with Crippen molar-refractivity contribution in [2.75, 3.05) is 19.0 Å². The molecule has 2 aromatic rings. The van der Waals surface area contributed by atoms with Gasteiger partial charge in [-0.1, -0.05) is 13.0 Å². The maximum atomic E-state index is 12.8. The SMILES string of the molecule is CCCNS(=O)(=O)c1cc(C(=O)Nc2cccc(C(F)(F)F)c2)ccc1OC. The molecule has 0 saturated heterocycles. The van der Waals surface area contributed by atoms with Gasteiger partial charge in [0.1, 0.15) is 10.6 Å². The number of hydrogen-bond acceptors (Lipinski definition) is 4. The van der Waals surface area contributed by atoms with Crippen molar-refractivity contribution in [3.8, 4) is 5.75 Å². The zero-order valence-electron chi connectivity index (χ0n) is 15.1. The van der Waals surface area contributed by atoms with E-state index in [1.54, 1.807) is 6.92 Å². The van der Waals surface area contributed by atoms with Crippen molar-refractivity contribution >= 4 is 21.6 Å². The first-order valence-corrected chi connectivity index (χ1v) is 9.73. The molecule has 2 N–H and O–H groups in total. The van der Waals surface area contributed by atoms with Crippen molar-refractivity contribution in [2.45, 2.75) is 24.4 Å². The van der Waals surface area contributed by atoms with E-state index in [2.05, 4.69) is 10.0 Å². The number of anilines is 1. The summed E-state index contributed by atoms with van der Waals surface area (Å²) in [5.74, 6) is -0.715. The van der Waals surface area contributed by atoms with E-state index in [0.29, 0.717) is 6.42 Å². The molecule has 152 valence electrons. The minimum Gasteiger partial charge on any atom is -0.495 e. The predicted molar refractivity (Wildman–Crippen MR) is 97.9 cm³/mol. The third kappa shape index (κ3) is 5.23. The lowest BCUT2D eigenvalue weighted by Gasteiger charge is -2.13. The predicted octanol–water partition coefficient (Wildman–Crippen LogP) is 3.65. The van der Waals surface area contributed by atoms with E-state index in [-0.39, 0.29) is 28.4 Å². The highest BCUT2D eigenvalue weighted by Crippen LogP contribution is 2.31. The average Bonchev–Trinajstić information content (AvgIpc) is 2.65. The van der Waals surface area contributed by atoms with Gasteiger partial charge in [-0.05, 0) is 42.8 Å². The molecule has 0 heterocycles. The van der Waals surface area contributed by atoms with Gasteiger partial charge < -0.3 is 10.1 Å². The molecule has 0 saturated carbocycles. The van der Waals surface area contributed by atoms with Gasteiger partial charge in [-0.3, -0.25) is 4.79 Å². The fourth-order valence-electron chi connectivity index (χ4n) is 2.32. The topological polar surface area (TPSA) is 84.5 Å². The molecule has 0 fully saturated rings. The molecule has 0 aromatic heterocycles. The first-order valence-electron chi connectivity index (χ1n) is 8.25. The van der Waals surface area contributed by atoms with Crippen LogP contribution in [0.2, 0.25) is 0 Å². The van der Waals surface area contributed by atoms with Crippen molar-refractivity contribution in [1.29, 1.82) is 0 Å². The van der Waals surface area contributed by atoms with Gasteiger partial charge in [0.15, 0.2) is 0 Å². The molecule has 0 aliphatic heterocycles. The number of carbonyl (C=O) groups excluding carboxylic acids is 1. The largest absolute Gasteiger partial charge is 0.495 e. The summed E-state index contributed by atoms with van der Waals surface area (Å²) in [6, 6.07) is 7.88. The molecule has 10 heteroatoms. The fraction of sp³-hybridized carbons (Fsp3) is 0.278. The Morgan fingerprint density at radius 3 is 2.46 bits per heavy atom. The smallest absolute Gasteiger partial charge is 0.416 e. The first kappa shape index (κ1) is 21.7. The Morgan fingerprint density at radius 2 is 1.86 bits per heavy atom. The molecule has 28 heavy (non-hydrogen) atoms. The number of amides is 1. The number of ether oxygens (including phenoxy) is 1. The number of rotatable bonds is 7. The Hall–Kier alpha value is -2.59. The fourth-order valence-corrected chi connectivity index (χ4v) is 3.65. The third-order valence-electron chi connectivity index (χ3n) is 3.71. The average molecular weight is 416 g/mol. The molecule has 0 aliphatic carbocycles. The maximum Gasteiger partial charge on any atom is 0.416 e. The van der Waals surface area contributed by atoms with Gasteiger partial charge in [0.25, 0.3) is 5.91 Å². The number of benzene rings is 2. The van der Waals surface area contributed by atoms with Crippen molar-refractivity contribution < 1.29 is 31.1 Å². The summed E-state index contributed by atoms with van der Waals surface area (Å²) in [7, 11) is -2.64. The standard InChI is InChI=1S/C18H19F3N2O4S/c1-3-9-22-28(25,26)16-10-12(7-8-15(16)27-2)17(24)23-14-6-4-5-13(11-14)18(19,20)21/h4-8,10-11,22H,3,9H2,1-2H3,(H,23,24). The quantitative estimate of drug-likeness (QED) is 0.722. The van der Waals surface area contributed by atoms with Crippen LogP contribution in [0, 0.1) is 0 Å². The van der Waals surface area contributed by atoms with Crippen LogP contribution in [0.3, 0.4) is 0 Å². The molecule has 0 atom stereocenters. The second-order valence-electron chi connectivity index (χ2n) is 5.80. The van der Waals surface area contributed by atoms with E-state index in [0.717, 1.165) is 24.3 Å².